The highest BCUT2D eigenvalue weighted by Crippen LogP contribution is 2.42. The van der Waals surface area contributed by atoms with Crippen LogP contribution in [0.1, 0.15) is 22.8 Å². The van der Waals surface area contributed by atoms with Crippen LogP contribution >= 0.6 is 12.4 Å². The summed E-state index contributed by atoms with van der Waals surface area (Å²) in [5.41, 5.74) is 4.67. The first-order valence-corrected chi connectivity index (χ1v) is 11.8. The average Bonchev–Trinajstić information content (AvgIpc) is 3.30. The lowest BCUT2D eigenvalue weighted by atomic mass is 9.91. The fourth-order valence-corrected chi connectivity index (χ4v) is 4.59. The average molecular weight is 534 g/mol. The van der Waals surface area contributed by atoms with Gasteiger partial charge in [0.15, 0.2) is 11.5 Å². The molecular formula is C29H28ClN3O5. The molecule has 0 unspecified atom stereocenters. The number of cyclic esters (lactones) is 1. The zero-order chi connectivity index (χ0) is 26.3. The lowest BCUT2D eigenvalue weighted by molar-refractivity contribution is -0.116. The molecule has 1 aromatic heterocycles. The molecule has 0 saturated heterocycles. The first-order valence-electron chi connectivity index (χ1n) is 11.8. The number of halogens is 1. The molecule has 3 aromatic carbocycles. The fraction of sp³-hybridized carbons (Fsp3) is 0.207. The van der Waals surface area contributed by atoms with Gasteiger partial charge in [-0.2, -0.15) is 0 Å². The number of hydrogen-bond donors (Lipinski definition) is 0. The Morgan fingerprint density at radius 2 is 1.58 bits per heavy atom. The Kier molecular flexibility index (Phi) is 7.46. The highest BCUT2D eigenvalue weighted by molar-refractivity contribution is 6.11. The molecule has 1 aliphatic heterocycles. The molecule has 0 bridgehead atoms. The summed E-state index contributed by atoms with van der Waals surface area (Å²) in [7, 11) is 6.85. The number of carbonyl (C=O) groups is 2. The molecule has 4 aromatic rings. The first-order chi connectivity index (χ1) is 17.8. The van der Waals surface area contributed by atoms with E-state index >= 15 is 0 Å². The first kappa shape index (κ1) is 26.8. The molecule has 196 valence electrons. The minimum Gasteiger partial charge on any atom is -0.493 e. The number of methoxy groups -OCH3 is 2. The van der Waals surface area contributed by atoms with E-state index in [9.17, 15) is 9.59 Å². The van der Waals surface area contributed by atoms with Crippen molar-refractivity contribution >= 4 is 52.2 Å². The van der Waals surface area contributed by atoms with Gasteiger partial charge in [0, 0.05) is 55.3 Å². The predicted octanol–water partition coefficient (Wildman–Crippen LogP) is 5.76. The smallest absolute Gasteiger partial charge is 0.339 e. The number of amides is 1. The molecule has 8 nitrogen and oxygen atoms in total. The SMILES string of the molecule is COc1cc2cc3c(c(-c4ccc(N(C)c5ccc(N(C)C(C)=O)cc5)nc4)c2cc1OC)C(=O)OC3.Cl. The van der Waals surface area contributed by atoms with Crippen molar-refractivity contribution in [2.45, 2.75) is 13.5 Å². The van der Waals surface area contributed by atoms with Crippen molar-refractivity contribution in [3.63, 3.8) is 0 Å². The summed E-state index contributed by atoms with van der Waals surface area (Å²) in [6.07, 6.45) is 1.76. The van der Waals surface area contributed by atoms with E-state index in [0.717, 1.165) is 44.7 Å². The lowest BCUT2D eigenvalue weighted by Crippen LogP contribution is -2.22. The quantitative estimate of drug-likeness (QED) is 0.291. The number of fused-ring (bicyclic) bond motifs is 2. The van der Waals surface area contributed by atoms with Gasteiger partial charge in [-0.05, 0) is 65.4 Å². The summed E-state index contributed by atoms with van der Waals surface area (Å²) in [5, 5.41) is 1.77. The van der Waals surface area contributed by atoms with Gasteiger partial charge >= 0.3 is 5.97 Å². The standard InChI is InChI=1S/C29H27N3O5.ClH/c1-17(33)31(2)21-7-9-22(10-8-21)32(3)26-11-6-18(15-30-26)27-23-14-25(36-5)24(35-4)13-19(23)12-20-16-37-29(34)28(20)27;/h6-15H,16H2,1-5H3;1H. The molecule has 0 N–H and O–H groups in total. The molecule has 0 saturated carbocycles. The van der Waals surface area contributed by atoms with Crippen molar-refractivity contribution in [3.8, 4) is 22.6 Å². The van der Waals surface area contributed by atoms with Gasteiger partial charge in [-0.3, -0.25) is 4.79 Å². The molecule has 9 heteroatoms. The van der Waals surface area contributed by atoms with Crippen molar-refractivity contribution in [1.29, 1.82) is 0 Å². The second-order valence-electron chi connectivity index (χ2n) is 8.85. The van der Waals surface area contributed by atoms with E-state index in [1.165, 1.54) is 6.92 Å². The fourth-order valence-electron chi connectivity index (χ4n) is 4.59. The zero-order valence-electron chi connectivity index (χ0n) is 21.8. The molecule has 0 aliphatic carbocycles. The number of pyridine rings is 1. The molecule has 1 aliphatic rings. The minimum absolute atomic E-state index is 0. The van der Waals surface area contributed by atoms with E-state index in [0.29, 0.717) is 17.1 Å². The summed E-state index contributed by atoms with van der Waals surface area (Å²) in [5.74, 6) is 1.54. The van der Waals surface area contributed by atoms with Crippen LogP contribution in [0.5, 0.6) is 11.5 Å². The maximum atomic E-state index is 12.7. The number of rotatable bonds is 6. The summed E-state index contributed by atoms with van der Waals surface area (Å²) in [4.78, 5) is 32.6. The van der Waals surface area contributed by atoms with Crippen LogP contribution in [0.2, 0.25) is 0 Å². The summed E-state index contributed by atoms with van der Waals surface area (Å²) < 4.78 is 16.4. The van der Waals surface area contributed by atoms with E-state index < -0.39 is 0 Å². The number of nitrogens with zero attached hydrogens (tertiary/aromatic N) is 3. The third-order valence-electron chi connectivity index (χ3n) is 6.77. The lowest BCUT2D eigenvalue weighted by Gasteiger charge is -2.21. The Morgan fingerprint density at radius 3 is 2.18 bits per heavy atom. The molecule has 1 amide bonds. The van der Waals surface area contributed by atoms with Crippen LogP contribution in [-0.2, 0) is 16.1 Å². The van der Waals surface area contributed by atoms with Gasteiger partial charge < -0.3 is 24.0 Å². The van der Waals surface area contributed by atoms with E-state index in [4.69, 9.17) is 19.2 Å². The van der Waals surface area contributed by atoms with Crippen LogP contribution in [0.15, 0.2) is 60.8 Å². The molecule has 2 heterocycles. The van der Waals surface area contributed by atoms with Crippen LogP contribution in [0.25, 0.3) is 21.9 Å². The van der Waals surface area contributed by atoms with Crippen LogP contribution < -0.4 is 19.3 Å². The van der Waals surface area contributed by atoms with Gasteiger partial charge in [0.05, 0.1) is 19.8 Å². The normalized spacial score (nSPS) is 11.9. The molecule has 0 fully saturated rings. The molecule has 38 heavy (non-hydrogen) atoms. The van der Waals surface area contributed by atoms with Gasteiger partial charge in [0.1, 0.15) is 12.4 Å². The van der Waals surface area contributed by atoms with Gasteiger partial charge in [0.2, 0.25) is 5.91 Å². The van der Waals surface area contributed by atoms with Crippen molar-refractivity contribution < 1.29 is 23.8 Å². The van der Waals surface area contributed by atoms with Gasteiger partial charge in [-0.1, -0.05) is 0 Å². The minimum atomic E-state index is -0.349. The van der Waals surface area contributed by atoms with Crippen molar-refractivity contribution in [3.05, 3.63) is 71.9 Å². The number of ether oxygens (including phenoxy) is 3. The van der Waals surface area contributed by atoms with E-state index in [1.807, 2.05) is 66.5 Å². The third kappa shape index (κ3) is 4.59. The molecule has 0 spiro atoms. The summed E-state index contributed by atoms with van der Waals surface area (Å²) in [6.45, 7) is 1.76. The second-order valence-corrected chi connectivity index (χ2v) is 8.85. The number of hydrogen-bond acceptors (Lipinski definition) is 7. The number of carbonyl (C=O) groups excluding carboxylic acids is 2. The second kappa shape index (κ2) is 10.6. The van der Waals surface area contributed by atoms with Gasteiger partial charge in [-0.15, -0.1) is 12.4 Å². The molecular weight excluding hydrogens is 506 g/mol. The Labute approximate surface area is 227 Å². The van der Waals surface area contributed by atoms with Crippen molar-refractivity contribution in [2.24, 2.45) is 0 Å². The largest absolute Gasteiger partial charge is 0.493 e. The monoisotopic (exact) mass is 533 g/mol. The van der Waals surface area contributed by atoms with Crippen molar-refractivity contribution in [1.82, 2.24) is 4.98 Å². The van der Waals surface area contributed by atoms with E-state index in [-0.39, 0.29) is 30.9 Å². The maximum Gasteiger partial charge on any atom is 0.339 e. The number of anilines is 3. The highest BCUT2D eigenvalue weighted by atomic mass is 35.5. The van der Waals surface area contributed by atoms with Crippen LogP contribution in [0.3, 0.4) is 0 Å². The Bertz CT molecular complexity index is 1520. The maximum absolute atomic E-state index is 12.7. The van der Waals surface area contributed by atoms with E-state index in [1.54, 1.807) is 32.4 Å². The van der Waals surface area contributed by atoms with Gasteiger partial charge in [0.25, 0.3) is 0 Å². The highest BCUT2D eigenvalue weighted by Gasteiger charge is 2.28. The van der Waals surface area contributed by atoms with Gasteiger partial charge in [-0.25, -0.2) is 9.78 Å². The van der Waals surface area contributed by atoms with Crippen LogP contribution in [0, 0.1) is 0 Å². The zero-order valence-corrected chi connectivity index (χ0v) is 22.6. The summed E-state index contributed by atoms with van der Waals surface area (Å²) >= 11 is 0. The summed E-state index contributed by atoms with van der Waals surface area (Å²) in [6, 6.07) is 17.3. The molecule has 5 rings (SSSR count). The van der Waals surface area contributed by atoms with E-state index in [2.05, 4.69) is 0 Å². The number of aromatic nitrogens is 1. The molecule has 0 atom stereocenters. The molecule has 0 radical (unpaired) electrons. The third-order valence-corrected chi connectivity index (χ3v) is 6.77. The van der Waals surface area contributed by atoms with Crippen LogP contribution in [-0.4, -0.2) is 45.2 Å². The van der Waals surface area contributed by atoms with Crippen molar-refractivity contribution in [2.75, 3.05) is 38.1 Å². The number of esters is 1. The Balaban J connectivity index is 0.00000336. The predicted molar refractivity (Wildman–Crippen MR) is 150 cm³/mol. The number of benzene rings is 3. The topological polar surface area (TPSA) is 81.2 Å². The van der Waals surface area contributed by atoms with Crippen LogP contribution in [0.4, 0.5) is 17.2 Å². The Morgan fingerprint density at radius 1 is 0.921 bits per heavy atom. The Hall–Kier alpha value is -4.30.